The quantitative estimate of drug-likeness (QED) is 0.574. The summed E-state index contributed by atoms with van der Waals surface area (Å²) in [7, 11) is 0. The van der Waals surface area contributed by atoms with Crippen molar-refractivity contribution in [2.75, 3.05) is 0 Å². The molecule has 0 unspecified atom stereocenters. The van der Waals surface area contributed by atoms with E-state index < -0.39 is 23.5 Å². The molecule has 0 aliphatic carbocycles. The summed E-state index contributed by atoms with van der Waals surface area (Å²) in [5.74, 6) is 0.334. The Kier molecular flexibility index (Phi) is 6.01. The highest BCUT2D eigenvalue weighted by Gasteiger charge is 2.20. The average molecular weight is 336 g/mol. The number of hydrogen-bond acceptors (Lipinski definition) is 6. The Morgan fingerprint density at radius 2 is 1.21 bits per heavy atom. The summed E-state index contributed by atoms with van der Waals surface area (Å²) in [6.07, 6.45) is -0.178. The summed E-state index contributed by atoms with van der Waals surface area (Å²) in [6, 6.07) is 4.53. The van der Waals surface area contributed by atoms with Gasteiger partial charge in [0.15, 0.2) is 0 Å². The lowest BCUT2D eigenvalue weighted by Crippen LogP contribution is -2.26. The predicted octanol–water partition coefficient (Wildman–Crippen LogP) is 4.96. The highest BCUT2D eigenvalue weighted by molar-refractivity contribution is 5.68. The van der Waals surface area contributed by atoms with Crippen LogP contribution in [0.15, 0.2) is 24.8 Å². The highest BCUT2D eigenvalue weighted by Crippen LogP contribution is 2.25. The van der Waals surface area contributed by atoms with E-state index in [2.05, 4.69) is 6.58 Å². The third-order valence-corrected chi connectivity index (χ3v) is 2.32. The maximum atomic E-state index is 11.7. The second kappa shape index (κ2) is 7.38. The third-order valence-electron chi connectivity index (χ3n) is 2.32. The topological polar surface area (TPSA) is 71.1 Å². The first-order chi connectivity index (χ1) is 10.9. The van der Waals surface area contributed by atoms with Crippen molar-refractivity contribution in [2.45, 2.75) is 52.7 Å². The van der Waals surface area contributed by atoms with Gasteiger partial charge >= 0.3 is 12.3 Å². The van der Waals surface area contributed by atoms with E-state index >= 15 is 0 Å². The molecule has 132 valence electrons. The molecule has 6 heteroatoms. The fourth-order valence-electron chi connectivity index (χ4n) is 1.56. The van der Waals surface area contributed by atoms with Gasteiger partial charge in [-0.15, -0.1) is 0 Å². The zero-order chi connectivity index (χ0) is 18.5. The van der Waals surface area contributed by atoms with Crippen molar-refractivity contribution in [2.24, 2.45) is 0 Å². The van der Waals surface area contributed by atoms with Crippen LogP contribution in [0.4, 0.5) is 9.59 Å². The lowest BCUT2D eigenvalue weighted by molar-refractivity contribution is 0.0205. The molecular formula is C18H24O6. The Morgan fingerprint density at radius 1 is 0.833 bits per heavy atom. The summed E-state index contributed by atoms with van der Waals surface area (Å²) in [5, 5.41) is 0. The molecule has 6 nitrogen and oxygen atoms in total. The summed E-state index contributed by atoms with van der Waals surface area (Å²) < 4.78 is 20.4. The van der Waals surface area contributed by atoms with Gasteiger partial charge in [0.05, 0.1) is 0 Å². The molecule has 0 bridgehead atoms. The molecule has 0 fully saturated rings. The van der Waals surface area contributed by atoms with E-state index in [-0.39, 0.29) is 11.5 Å². The van der Waals surface area contributed by atoms with E-state index in [1.54, 1.807) is 53.7 Å². The van der Waals surface area contributed by atoms with Gasteiger partial charge in [-0.25, -0.2) is 9.59 Å². The SMILES string of the molecule is C=Cc1cc(OC(=O)OC(C)(C)C)cc(OC(=O)OC(C)(C)C)c1. The molecule has 1 rings (SSSR count). The molecule has 0 amide bonds. The van der Waals surface area contributed by atoms with E-state index in [1.807, 2.05) is 0 Å². The van der Waals surface area contributed by atoms with Crippen molar-refractivity contribution in [3.63, 3.8) is 0 Å². The lowest BCUT2D eigenvalue weighted by Gasteiger charge is -2.19. The number of carbonyl (C=O) groups is 2. The Balaban J connectivity index is 2.90. The predicted molar refractivity (Wildman–Crippen MR) is 90.3 cm³/mol. The minimum atomic E-state index is -0.855. The Labute approximate surface area is 142 Å². The van der Waals surface area contributed by atoms with Gasteiger partial charge in [0.2, 0.25) is 0 Å². The second-order valence-corrected chi connectivity index (χ2v) is 7.07. The molecule has 0 radical (unpaired) electrons. The summed E-state index contributed by atoms with van der Waals surface area (Å²) in [4.78, 5) is 23.5. The Morgan fingerprint density at radius 3 is 1.50 bits per heavy atom. The van der Waals surface area contributed by atoms with Crippen LogP contribution in [0.2, 0.25) is 0 Å². The first-order valence-electron chi connectivity index (χ1n) is 7.47. The summed E-state index contributed by atoms with van der Waals surface area (Å²) >= 11 is 0. The Hall–Kier alpha value is -2.50. The van der Waals surface area contributed by atoms with Crippen molar-refractivity contribution in [3.8, 4) is 11.5 Å². The van der Waals surface area contributed by atoms with Crippen molar-refractivity contribution in [1.29, 1.82) is 0 Å². The molecule has 0 saturated carbocycles. The first kappa shape index (κ1) is 19.5. The summed E-state index contributed by atoms with van der Waals surface area (Å²) in [5.41, 5.74) is -0.749. The van der Waals surface area contributed by atoms with Gasteiger partial charge in [0, 0.05) is 6.07 Å². The average Bonchev–Trinajstić information content (AvgIpc) is 2.33. The maximum absolute atomic E-state index is 11.7. The molecule has 1 aromatic carbocycles. The number of ether oxygens (including phenoxy) is 4. The van der Waals surface area contributed by atoms with Crippen LogP contribution in [0.1, 0.15) is 47.1 Å². The zero-order valence-corrected chi connectivity index (χ0v) is 15.0. The monoisotopic (exact) mass is 336 g/mol. The standard InChI is InChI=1S/C18H24O6/c1-8-12-9-13(21-15(19)23-17(2,3)4)11-14(10-12)22-16(20)24-18(5,6)7/h8-11H,1H2,2-7H3. The van der Waals surface area contributed by atoms with E-state index in [1.165, 1.54) is 12.1 Å². The van der Waals surface area contributed by atoms with Gasteiger partial charge in [-0.05, 0) is 59.2 Å². The van der Waals surface area contributed by atoms with Crippen molar-refractivity contribution in [1.82, 2.24) is 0 Å². The van der Waals surface area contributed by atoms with Crippen LogP contribution in [0, 0.1) is 0 Å². The van der Waals surface area contributed by atoms with Gasteiger partial charge in [0.1, 0.15) is 22.7 Å². The molecular weight excluding hydrogens is 312 g/mol. The van der Waals surface area contributed by atoms with Crippen LogP contribution >= 0.6 is 0 Å². The molecule has 0 atom stereocenters. The van der Waals surface area contributed by atoms with Crippen LogP contribution < -0.4 is 9.47 Å². The first-order valence-corrected chi connectivity index (χ1v) is 7.47. The molecule has 0 N–H and O–H groups in total. The molecule has 1 aromatic rings. The van der Waals surface area contributed by atoms with E-state index in [4.69, 9.17) is 18.9 Å². The van der Waals surface area contributed by atoms with Crippen LogP contribution in [-0.2, 0) is 9.47 Å². The number of carbonyl (C=O) groups excluding carboxylic acids is 2. The van der Waals surface area contributed by atoms with Crippen LogP contribution in [-0.4, -0.2) is 23.5 Å². The zero-order valence-electron chi connectivity index (χ0n) is 15.0. The van der Waals surface area contributed by atoms with Crippen molar-refractivity contribution >= 4 is 18.4 Å². The normalized spacial score (nSPS) is 11.4. The minimum Gasteiger partial charge on any atom is -0.428 e. The van der Waals surface area contributed by atoms with Gasteiger partial charge < -0.3 is 18.9 Å². The maximum Gasteiger partial charge on any atom is 0.514 e. The van der Waals surface area contributed by atoms with Gasteiger partial charge in [-0.2, -0.15) is 0 Å². The van der Waals surface area contributed by atoms with E-state index in [0.717, 1.165) is 0 Å². The van der Waals surface area contributed by atoms with Crippen LogP contribution in [0.25, 0.3) is 6.08 Å². The number of rotatable bonds is 3. The highest BCUT2D eigenvalue weighted by atomic mass is 16.7. The molecule has 24 heavy (non-hydrogen) atoms. The molecule has 0 saturated heterocycles. The molecule has 0 spiro atoms. The van der Waals surface area contributed by atoms with Crippen molar-refractivity contribution < 1.29 is 28.5 Å². The van der Waals surface area contributed by atoms with Crippen molar-refractivity contribution in [3.05, 3.63) is 30.3 Å². The molecule has 0 aliphatic heterocycles. The van der Waals surface area contributed by atoms with Gasteiger partial charge in [-0.1, -0.05) is 12.7 Å². The van der Waals surface area contributed by atoms with E-state index in [9.17, 15) is 9.59 Å². The fraction of sp³-hybridized carbons (Fsp3) is 0.444. The number of hydrogen-bond donors (Lipinski definition) is 0. The minimum absolute atomic E-state index is 0.167. The van der Waals surface area contributed by atoms with E-state index in [0.29, 0.717) is 5.56 Å². The number of benzene rings is 1. The third kappa shape index (κ3) is 7.67. The Bertz CT molecular complexity index is 571. The smallest absolute Gasteiger partial charge is 0.428 e. The van der Waals surface area contributed by atoms with Gasteiger partial charge in [0.25, 0.3) is 0 Å². The lowest BCUT2D eigenvalue weighted by atomic mass is 10.2. The molecule has 0 aliphatic rings. The molecule has 0 aromatic heterocycles. The fourth-order valence-corrected chi connectivity index (χ4v) is 1.56. The van der Waals surface area contributed by atoms with Crippen LogP contribution in [0.3, 0.4) is 0 Å². The largest absolute Gasteiger partial charge is 0.514 e. The summed E-state index contributed by atoms with van der Waals surface area (Å²) in [6.45, 7) is 14.0. The van der Waals surface area contributed by atoms with Gasteiger partial charge in [-0.3, -0.25) is 0 Å². The molecule has 0 heterocycles. The van der Waals surface area contributed by atoms with Crippen LogP contribution in [0.5, 0.6) is 11.5 Å². The second-order valence-electron chi connectivity index (χ2n) is 7.07.